The minimum atomic E-state index is -0.761. The van der Waals surface area contributed by atoms with Crippen molar-refractivity contribution in [3.05, 3.63) is 35.7 Å². The molecule has 0 saturated heterocycles. The Balaban J connectivity index is 1.69. The standard InChI is InChI=1S/C15H23N5OS/c1-18-6-4-16-15(18)14(21)13-10-12-11-19(5-3-9-22-2)7-8-20(12)17-13/h4,6,10,14,21H,3,5,7-9,11H2,1-2H3/t14-/m0/s1. The largest absolute Gasteiger partial charge is 0.379 e. The molecular formula is C15H23N5OS. The molecule has 1 N–H and O–H groups in total. The fraction of sp³-hybridized carbons (Fsp3) is 0.600. The molecule has 0 amide bonds. The van der Waals surface area contributed by atoms with Crippen molar-refractivity contribution >= 4 is 11.8 Å². The van der Waals surface area contributed by atoms with Gasteiger partial charge in [-0.25, -0.2) is 4.98 Å². The van der Waals surface area contributed by atoms with Crippen molar-refractivity contribution in [2.24, 2.45) is 7.05 Å². The molecule has 0 fully saturated rings. The number of thioether (sulfide) groups is 1. The van der Waals surface area contributed by atoms with Crippen molar-refractivity contribution in [1.82, 2.24) is 24.2 Å². The van der Waals surface area contributed by atoms with Crippen LogP contribution in [0.3, 0.4) is 0 Å². The molecule has 0 aliphatic carbocycles. The predicted octanol–water partition coefficient (Wildman–Crippen LogP) is 1.27. The molecule has 0 saturated carbocycles. The van der Waals surface area contributed by atoms with Gasteiger partial charge in [-0.3, -0.25) is 9.58 Å². The van der Waals surface area contributed by atoms with Gasteiger partial charge in [-0.2, -0.15) is 16.9 Å². The first kappa shape index (κ1) is 15.6. The summed E-state index contributed by atoms with van der Waals surface area (Å²) in [5.74, 6) is 1.84. The summed E-state index contributed by atoms with van der Waals surface area (Å²) in [7, 11) is 1.88. The van der Waals surface area contributed by atoms with Crippen LogP contribution in [0.2, 0.25) is 0 Å². The second-order valence-electron chi connectivity index (χ2n) is 5.71. The minimum Gasteiger partial charge on any atom is -0.379 e. The summed E-state index contributed by atoms with van der Waals surface area (Å²) in [4.78, 5) is 6.68. The lowest BCUT2D eigenvalue weighted by Crippen LogP contribution is -2.34. The van der Waals surface area contributed by atoms with Crippen LogP contribution in [0.5, 0.6) is 0 Å². The average Bonchev–Trinajstić information content (AvgIpc) is 3.12. The Labute approximate surface area is 135 Å². The van der Waals surface area contributed by atoms with Crippen LogP contribution in [0.1, 0.15) is 29.7 Å². The average molecular weight is 321 g/mol. The van der Waals surface area contributed by atoms with Gasteiger partial charge in [0.2, 0.25) is 0 Å². The molecule has 1 aliphatic rings. The number of aromatic nitrogens is 4. The van der Waals surface area contributed by atoms with Gasteiger partial charge in [0.05, 0.1) is 17.9 Å². The number of hydrogen-bond acceptors (Lipinski definition) is 5. The van der Waals surface area contributed by atoms with Gasteiger partial charge in [0, 0.05) is 32.5 Å². The van der Waals surface area contributed by atoms with Gasteiger partial charge in [-0.1, -0.05) is 0 Å². The SMILES string of the molecule is CSCCCN1CCn2nc([C@H](O)c3nccn3C)cc2C1. The number of aliphatic hydroxyl groups is 1. The maximum absolute atomic E-state index is 10.5. The van der Waals surface area contributed by atoms with E-state index in [1.165, 1.54) is 17.9 Å². The van der Waals surface area contributed by atoms with Crippen LogP contribution in [0.4, 0.5) is 0 Å². The number of aliphatic hydroxyl groups excluding tert-OH is 1. The third-order valence-corrected chi connectivity index (χ3v) is 4.80. The summed E-state index contributed by atoms with van der Waals surface area (Å²) in [5.41, 5.74) is 1.87. The molecule has 3 rings (SSSR count). The van der Waals surface area contributed by atoms with Gasteiger partial charge < -0.3 is 9.67 Å². The highest BCUT2D eigenvalue weighted by Crippen LogP contribution is 2.22. The monoisotopic (exact) mass is 321 g/mol. The second kappa shape index (κ2) is 6.85. The molecule has 6 nitrogen and oxygen atoms in total. The van der Waals surface area contributed by atoms with E-state index < -0.39 is 6.10 Å². The van der Waals surface area contributed by atoms with Crippen molar-refractivity contribution < 1.29 is 5.11 Å². The Kier molecular flexibility index (Phi) is 4.85. The molecule has 120 valence electrons. The van der Waals surface area contributed by atoms with Gasteiger partial charge >= 0.3 is 0 Å². The van der Waals surface area contributed by atoms with E-state index in [0.717, 1.165) is 26.2 Å². The molecule has 0 bridgehead atoms. The maximum atomic E-state index is 10.5. The summed E-state index contributed by atoms with van der Waals surface area (Å²) in [6.07, 6.45) is 6.14. The molecular weight excluding hydrogens is 298 g/mol. The van der Waals surface area contributed by atoms with E-state index in [4.69, 9.17) is 0 Å². The summed E-state index contributed by atoms with van der Waals surface area (Å²) in [5, 5.41) is 15.0. The molecule has 1 atom stereocenters. The zero-order valence-electron chi connectivity index (χ0n) is 13.1. The number of hydrogen-bond donors (Lipinski definition) is 1. The van der Waals surface area contributed by atoms with Crippen LogP contribution in [0.15, 0.2) is 18.5 Å². The number of fused-ring (bicyclic) bond motifs is 1. The first-order valence-electron chi connectivity index (χ1n) is 7.62. The highest BCUT2D eigenvalue weighted by atomic mass is 32.2. The lowest BCUT2D eigenvalue weighted by atomic mass is 10.2. The summed E-state index contributed by atoms with van der Waals surface area (Å²) in [6, 6.07) is 2.01. The van der Waals surface area contributed by atoms with Crippen molar-refractivity contribution in [2.75, 3.05) is 25.1 Å². The molecule has 3 heterocycles. The van der Waals surface area contributed by atoms with E-state index in [1.807, 2.05) is 40.3 Å². The fourth-order valence-electron chi connectivity index (χ4n) is 2.87. The van der Waals surface area contributed by atoms with Crippen molar-refractivity contribution in [3.8, 4) is 0 Å². The maximum Gasteiger partial charge on any atom is 0.155 e. The van der Waals surface area contributed by atoms with Gasteiger partial charge in [0.1, 0.15) is 5.82 Å². The third kappa shape index (κ3) is 3.21. The molecule has 2 aromatic heterocycles. The molecule has 22 heavy (non-hydrogen) atoms. The zero-order chi connectivity index (χ0) is 15.5. The fourth-order valence-corrected chi connectivity index (χ4v) is 3.29. The van der Waals surface area contributed by atoms with E-state index in [1.54, 1.807) is 6.20 Å². The van der Waals surface area contributed by atoms with Crippen molar-refractivity contribution in [2.45, 2.75) is 25.6 Å². The smallest absolute Gasteiger partial charge is 0.155 e. The molecule has 0 spiro atoms. The Bertz CT molecular complexity index is 623. The highest BCUT2D eigenvalue weighted by Gasteiger charge is 2.23. The van der Waals surface area contributed by atoms with Gasteiger partial charge in [-0.15, -0.1) is 0 Å². The molecule has 7 heteroatoms. The van der Waals surface area contributed by atoms with E-state index in [2.05, 4.69) is 21.2 Å². The summed E-state index contributed by atoms with van der Waals surface area (Å²) >= 11 is 1.90. The van der Waals surface area contributed by atoms with Gasteiger partial charge in [0.15, 0.2) is 6.10 Å². The number of nitrogens with zero attached hydrogens (tertiary/aromatic N) is 5. The topological polar surface area (TPSA) is 59.1 Å². The van der Waals surface area contributed by atoms with E-state index in [0.29, 0.717) is 11.5 Å². The molecule has 0 radical (unpaired) electrons. The Morgan fingerprint density at radius 2 is 2.27 bits per heavy atom. The van der Waals surface area contributed by atoms with Gasteiger partial charge in [0.25, 0.3) is 0 Å². The molecule has 0 aromatic carbocycles. The van der Waals surface area contributed by atoms with Crippen LogP contribution >= 0.6 is 11.8 Å². The first-order chi connectivity index (χ1) is 10.7. The molecule has 1 aliphatic heterocycles. The first-order valence-corrected chi connectivity index (χ1v) is 9.01. The number of aryl methyl sites for hydroxylation is 1. The van der Waals surface area contributed by atoms with E-state index in [-0.39, 0.29) is 0 Å². The van der Waals surface area contributed by atoms with Crippen LogP contribution in [-0.4, -0.2) is 54.4 Å². The normalized spacial score (nSPS) is 16.7. The van der Waals surface area contributed by atoms with Crippen LogP contribution in [-0.2, 0) is 20.1 Å². The third-order valence-electron chi connectivity index (χ3n) is 4.10. The number of imidazole rings is 1. The van der Waals surface area contributed by atoms with Crippen LogP contribution in [0, 0.1) is 0 Å². The predicted molar refractivity (Wildman–Crippen MR) is 87.8 cm³/mol. The highest BCUT2D eigenvalue weighted by molar-refractivity contribution is 7.98. The van der Waals surface area contributed by atoms with E-state index >= 15 is 0 Å². The lowest BCUT2D eigenvalue weighted by Gasteiger charge is -2.27. The summed E-state index contributed by atoms with van der Waals surface area (Å²) in [6.45, 7) is 3.96. The lowest BCUT2D eigenvalue weighted by molar-refractivity contribution is 0.196. The molecule has 2 aromatic rings. The van der Waals surface area contributed by atoms with Gasteiger partial charge in [-0.05, 0) is 31.0 Å². The van der Waals surface area contributed by atoms with Crippen molar-refractivity contribution in [1.29, 1.82) is 0 Å². The number of rotatable bonds is 6. The second-order valence-corrected chi connectivity index (χ2v) is 6.69. The minimum absolute atomic E-state index is 0.632. The molecule has 0 unspecified atom stereocenters. The Morgan fingerprint density at radius 3 is 3.00 bits per heavy atom. The quantitative estimate of drug-likeness (QED) is 0.812. The Morgan fingerprint density at radius 1 is 1.41 bits per heavy atom. The Hall–Kier alpha value is -1.31. The summed E-state index contributed by atoms with van der Waals surface area (Å²) < 4.78 is 3.85. The van der Waals surface area contributed by atoms with Crippen LogP contribution < -0.4 is 0 Å². The van der Waals surface area contributed by atoms with Crippen molar-refractivity contribution in [3.63, 3.8) is 0 Å². The zero-order valence-corrected chi connectivity index (χ0v) is 14.0. The van der Waals surface area contributed by atoms with Crippen LogP contribution in [0.25, 0.3) is 0 Å². The van der Waals surface area contributed by atoms with E-state index in [9.17, 15) is 5.11 Å².